The standard InChI is InChI=1S/C24H30F2N2O5S/c25-22(26)33-17-2-4-18(5-3-17)34(31,32)28-24(6-1-7-24)20(29)10-19-15-8-14-9-16(19)13-23(11-14,12-15)21(27)30/h2-5,14-16,19,22,28H,1,6-13H2,(H2,27,30). The fraction of sp³-hybridized carbons (Fsp3) is 0.667. The number of nitrogens with two attached hydrogens (primary N) is 1. The lowest BCUT2D eigenvalue weighted by Crippen LogP contribution is -2.61. The van der Waals surface area contributed by atoms with E-state index in [-0.39, 0.29) is 40.1 Å². The van der Waals surface area contributed by atoms with Crippen LogP contribution in [0.15, 0.2) is 29.2 Å². The Morgan fingerprint density at radius 1 is 1.09 bits per heavy atom. The van der Waals surface area contributed by atoms with E-state index in [1.54, 1.807) is 0 Å². The molecular weight excluding hydrogens is 466 g/mol. The first kappa shape index (κ1) is 23.7. The van der Waals surface area contributed by atoms with Crippen molar-refractivity contribution in [2.24, 2.45) is 34.8 Å². The highest BCUT2D eigenvalue weighted by molar-refractivity contribution is 7.89. The van der Waals surface area contributed by atoms with Crippen LogP contribution >= 0.6 is 0 Å². The minimum Gasteiger partial charge on any atom is -0.435 e. The van der Waals surface area contributed by atoms with Gasteiger partial charge in [0.2, 0.25) is 15.9 Å². The van der Waals surface area contributed by atoms with Crippen LogP contribution in [0.2, 0.25) is 0 Å². The lowest BCUT2D eigenvalue weighted by molar-refractivity contribution is -0.152. The quantitative estimate of drug-likeness (QED) is 0.544. The van der Waals surface area contributed by atoms with E-state index in [9.17, 15) is 26.8 Å². The summed E-state index contributed by atoms with van der Waals surface area (Å²) in [5.74, 6) is 0.751. The van der Waals surface area contributed by atoms with E-state index >= 15 is 0 Å². The summed E-state index contributed by atoms with van der Waals surface area (Å²) in [6, 6.07) is 4.72. The number of primary amides is 1. The number of benzene rings is 1. The SMILES string of the molecule is NC(=O)C12CC3CC(C1)C(CC(=O)C1(NS(=O)(=O)c4ccc(OC(F)F)cc4)CCC1)C(C3)C2. The Kier molecular flexibility index (Phi) is 5.75. The van der Waals surface area contributed by atoms with Gasteiger partial charge in [0.25, 0.3) is 0 Å². The maximum atomic E-state index is 13.5. The van der Waals surface area contributed by atoms with Gasteiger partial charge in [-0.25, -0.2) is 8.42 Å². The third-order valence-electron chi connectivity index (χ3n) is 8.84. The van der Waals surface area contributed by atoms with Crippen LogP contribution in [0.1, 0.15) is 57.8 Å². The lowest BCUT2D eigenvalue weighted by Gasteiger charge is -2.59. The van der Waals surface area contributed by atoms with Gasteiger partial charge >= 0.3 is 6.61 Å². The Morgan fingerprint density at radius 2 is 1.71 bits per heavy atom. The van der Waals surface area contributed by atoms with Crippen molar-refractivity contribution in [3.8, 4) is 5.75 Å². The highest BCUT2D eigenvalue weighted by atomic mass is 32.2. The molecule has 6 rings (SSSR count). The normalized spacial score (nSPS) is 33.5. The number of alkyl halides is 2. The van der Waals surface area contributed by atoms with Crippen molar-refractivity contribution < 1.29 is 31.5 Å². The van der Waals surface area contributed by atoms with E-state index in [0.29, 0.717) is 25.2 Å². The van der Waals surface area contributed by atoms with Crippen molar-refractivity contribution in [1.82, 2.24) is 4.72 Å². The van der Waals surface area contributed by atoms with Crippen molar-refractivity contribution in [3.05, 3.63) is 24.3 Å². The predicted octanol–water partition coefficient (Wildman–Crippen LogP) is 3.38. The summed E-state index contributed by atoms with van der Waals surface area (Å²) in [6.45, 7) is -3.00. The molecule has 34 heavy (non-hydrogen) atoms. The topological polar surface area (TPSA) is 116 Å². The number of ketones is 1. The summed E-state index contributed by atoms with van der Waals surface area (Å²) in [6.07, 6.45) is 6.28. The van der Waals surface area contributed by atoms with E-state index in [1.807, 2.05) is 0 Å². The largest absolute Gasteiger partial charge is 0.435 e. The third kappa shape index (κ3) is 4.02. The molecule has 0 aromatic heterocycles. The van der Waals surface area contributed by atoms with Gasteiger partial charge in [0.05, 0.1) is 10.4 Å². The van der Waals surface area contributed by atoms with Crippen LogP contribution in [-0.2, 0) is 19.6 Å². The molecule has 4 bridgehead atoms. The number of sulfonamides is 1. The number of halogens is 2. The number of carbonyl (C=O) groups is 2. The average Bonchev–Trinajstić information content (AvgIpc) is 2.72. The molecule has 0 saturated heterocycles. The summed E-state index contributed by atoms with van der Waals surface area (Å²) >= 11 is 0. The maximum Gasteiger partial charge on any atom is 0.387 e. The van der Waals surface area contributed by atoms with E-state index in [4.69, 9.17) is 5.73 Å². The maximum absolute atomic E-state index is 13.5. The van der Waals surface area contributed by atoms with E-state index in [1.165, 1.54) is 24.3 Å². The minimum atomic E-state index is -4.03. The molecule has 186 valence electrons. The molecule has 1 amide bonds. The van der Waals surface area contributed by atoms with Crippen LogP contribution in [0.3, 0.4) is 0 Å². The molecule has 7 nitrogen and oxygen atoms in total. The number of amides is 1. The number of nitrogens with one attached hydrogen (secondary N) is 1. The summed E-state index contributed by atoms with van der Waals surface area (Å²) in [5.41, 5.74) is 4.21. The van der Waals surface area contributed by atoms with Crippen molar-refractivity contribution >= 4 is 21.7 Å². The predicted molar refractivity (Wildman–Crippen MR) is 118 cm³/mol. The zero-order valence-corrected chi connectivity index (χ0v) is 19.7. The molecule has 2 atom stereocenters. The van der Waals surface area contributed by atoms with Crippen LogP contribution in [0, 0.1) is 29.1 Å². The lowest BCUT2D eigenvalue weighted by atomic mass is 9.45. The number of Topliss-reactive ketones (excluding diaryl/α,β-unsaturated/α-hetero) is 1. The molecular formula is C24H30F2N2O5S. The highest BCUT2D eigenvalue weighted by Crippen LogP contribution is 2.63. The molecule has 0 aliphatic heterocycles. The minimum absolute atomic E-state index is 0.0921. The van der Waals surface area contributed by atoms with Gasteiger partial charge in [-0.2, -0.15) is 13.5 Å². The van der Waals surface area contributed by atoms with Gasteiger partial charge in [0.15, 0.2) is 5.78 Å². The van der Waals surface area contributed by atoms with Gasteiger partial charge in [-0.15, -0.1) is 0 Å². The molecule has 1 aromatic rings. The summed E-state index contributed by atoms with van der Waals surface area (Å²) in [7, 11) is -4.03. The molecule has 5 saturated carbocycles. The summed E-state index contributed by atoms with van der Waals surface area (Å²) in [4.78, 5) is 25.6. The van der Waals surface area contributed by atoms with Gasteiger partial charge in [-0.1, -0.05) is 0 Å². The van der Waals surface area contributed by atoms with Gasteiger partial charge < -0.3 is 10.5 Å². The Hall–Kier alpha value is -2.07. The van der Waals surface area contributed by atoms with Gasteiger partial charge in [0.1, 0.15) is 5.75 Å². The van der Waals surface area contributed by atoms with E-state index in [2.05, 4.69) is 9.46 Å². The second-order valence-electron chi connectivity index (χ2n) is 10.8. The Balaban J connectivity index is 1.29. The van der Waals surface area contributed by atoms with Gasteiger partial charge in [-0.3, -0.25) is 9.59 Å². The Morgan fingerprint density at radius 3 is 2.21 bits per heavy atom. The van der Waals surface area contributed by atoms with Crippen molar-refractivity contribution in [2.75, 3.05) is 0 Å². The number of rotatable bonds is 9. The zero-order chi connectivity index (χ0) is 24.3. The summed E-state index contributed by atoms with van der Waals surface area (Å²) < 4.78 is 57.7. The Labute approximate surface area is 197 Å². The van der Waals surface area contributed by atoms with Crippen LogP contribution in [0.25, 0.3) is 0 Å². The van der Waals surface area contributed by atoms with E-state index in [0.717, 1.165) is 38.5 Å². The summed E-state index contributed by atoms with van der Waals surface area (Å²) in [5, 5.41) is 0. The van der Waals surface area contributed by atoms with Crippen molar-refractivity contribution in [3.63, 3.8) is 0 Å². The van der Waals surface area contributed by atoms with Gasteiger partial charge in [-0.05, 0) is 99.3 Å². The first-order valence-corrected chi connectivity index (χ1v) is 13.4. The number of ether oxygens (including phenoxy) is 1. The Bertz CT molecular complexity index is 1070. The monoisotopic (exact) mass is 496 g/mol. The first-order valence-electron chi connectivity index (χ1n) is 11.9. The van der Waals surface area contributed by atoms with Crippen LogP contribution < -0.4 is 15.2 Å². The molecule has 5 fully saturated rings. The van der Waals surface area contributed by atoms with Crippen LogP contribution in [-0.4, -0.2) is 32.3 Å². The van der Waals surface area contributed by atoms with Gasteiger partial charge in [0, 0.05) is 11.8 Å². The molecule has 10 heteroatoms. The molecule has 1 aromatic carbocycles. The van der Waals surface area contributed by atoms with Crippen molar-refractivity contribution in [1.29, 1.82) is 0 Å². The number of hydrogen-bond acceptors (Lipinski definition) is 5. The van der Waals surface area contributed by atoms with E-state index < -0.39 is 27.6 Å². The fourth-order valence-electron chi connectivity index (χ4n) is 7.26. The van der Waals surface area contributed by atoms with Crippen LogP contribution in [0.4, 0.5) is 8.78 Å². The molecule has 0 radical (unpaired) electrons. The fourth-order valence-corrected chi connectivity index (χ4v) is 8.70. The molecule has 3 N–H and O–H groups in total. The van der Waals surface area contributed by atoms with Crippen molar-refractivity contribution in [2.45, 2.75) is 74.8 Å². The molecule has 2 unspecified atom stereocenters. The second kappa shape index (κ2) is 8.26. The average molecular weight is 497 g/mol. The number of hydrogen-bond donors (Lipinski definition) is 2. The third-order valence-corrected chi connectivity index (χ3v) is 10.4. The second-order valence-corrected chi connectivity index (χ2v) is 12.5. The smallest absolute Gasteiger partial charge is 0.387 e. The molecule has 0 spiro atoms. The highest BCUT2D eigenvalue weighted by Gasteiger charge is 2.59. The molecule has 0 heterocycles. The first-order chi connectivity index (χ1) is 16.0. The number of carbonyl (C=O) groups excluding carboxylic acids is 2. The zero-order valence-electron chi connectivity index (χ0n) is 18.8. The van der Waals surface area contributed by atoms with Crippen LogP contribution in [0.5, 0.6) is 5.75 Å². The molecule has 5 aliphatic rings. The molecule has 5 aliphatic carbocycles.